The van der Waals surface area contributed by atoms with E-state index < -0.39 is 12.0 Å². The molecule has 162 valence electrons. The molecule has 2 aromatic carbocycles. The fourth-order valence-electron chi connectivity index (χ4n) is 3.05. The van der Waals surface area contributed by atoms with Crippen molar-refractivity contribution in [3.05, 3.63) is 53.1 Å². The van der Waals surface area contributed by atoms with Gasteiger partial charge in [0.05, 0.1) is 46.8 Å². The fourth-order valence-corrected chi connectivity index (χ4v) is 3.05. The first-order chi connectivity index (χ1) is 14.4. The van der Waals surface area contributed by atoms with Gasteiger partial charge in [-0.3, -0.25) is 9.59 Å². The van der Waals surface area contributed by atoms with Crippen LogP contribution >= 0.6 is 0 Å². The minimum Gasteiger partial charge on any atom is -0.493 e. The minimum atomic E-state index is -0.564. The third-order valence-electron chi connectivity index (χ3n) is 4.66. The maximum Gasteiger partial charge on any atom is 0.307 e. The summed E-state index contributed by atoms with van der Waals surface area (Å²) in [5, 5.41) is 2.88. The highest BCUT2D eigenvalue weighted by molar-refractivity contribution is 5.78. The van der Waals surface area contributed by atoms with Gasteiger partial charge < -0.3 is 24.3 Å². The Morgan fingerprint density at radius 3 is 2.27 bits per heavy atom. The Bertz CT molecular complexity index is 880. The lowest BCUT2D eigenvalue weighted by molar-refractivity contribution is -0.141. The molecule has 2 aromatic rings. The van der Waals surface area contributed by atoms with Gasteiger partial charge >= 0.3 is 5.97 Å². The third-order valence-corrected chi connectivity index (χ3v) is 4.66. The van der Waals surface area contributed by atoms with E-state index in [2.05, 4.69) is 5.32 Å². The number of methoxy groups -OCH3 is 3. The molecule has 0 aliphatic rings. The van der Waals surface area contributed by atoms with Crippen LogP contribution in [-0.2, 0) is 14.3 Å². The zero-order valence-corrected chi connectivity index (χ0v) is 18.1. The largest absolute Gasteiger partial charge is 0.493 e. The lowest BCUT2D eigenvalue weighted by Gasteiger charge is -2.20. The smallest absolute Gasteiger partial charge is 0.307 e. The van der Waals surface area contributed by atoms with Crippen LogP contribution < -0.4 is 19.5 Å². The molecule has 1 N–H and O–H groups in total. The summed E-state index contributed by atoms with van der Waals surface area (Å²) in [6, 6.07) is 10.6. The first-order valence-corrected chi connectivity index (χ1v) is 9.66. The molecule has 1 amide bonds. The Labute approximate surface area is 177 Å². The predicted octanol–water partition coefficient (Wildman–Crippen LogP) is 3.51. The molecule has 0 aliphatic heterocycles. The Kier molecular flexibility index (Phi) is 8.53. The second-order valence-electron chi connectivity index (χ2n) is 6.88. The van der Waals surface area contributed by atoms with Gasteiger partial charge in [0.1, 0.15) is 5.75 Å². The van der Waals surface area contributed by atoms with Crippen molar-refractivity contribution < 1.29 is 28.5 Å². The molecule has 0 radical (unpaired) electrons. The molecule has 30 heavy (non-hydrogen) atoms. The predicted molar refractivity (Wildman–Crippen MR) is 113 cm³/mol. The van der Waals surface area contributed by atoms with E-state index in [0.717, 1.165) is 16.9 Å². The summed E-state index contributed by atoms with van der Waals surface area (Å²) in [4.78, 5) is 24.4. The summed E-state index contributed by atoms with van der Waals surface area (Å²) in [6.45, 7) is 4.21. The molecule has 0 saturated heterocycles. The van der Waals surface area contributed by atoms with E-state index in [9.17, 15) is 9.59 Å². The number of rotatable bonds is 10. The SMILES string of the molecule is COC(=O)CC(NC(=O)CCOc1ccc(C)cc1C)c1ccc(OC)c(OC)c1. The Morgan fingerprint density at radius 2 is 1.63 bits per heavy atom. The molecule has 1 unspecified atom stereocenters. The molecule has 2 rings (SSSR count). The number of nitrogens with one attached hydrogen (secondary N) is 1. The van der Waals surface area contributed by atoms with Crippen LogP contribution in [0.1, 0.15) is 35.6 Å². The van der Waals surface area contributed by atoms with Gasteiger partial charge in [0.15, 0.2) is 11.5 Å². The van der Waals surface area contributed by atoms with Crippen LogP contribution in [-0.4, -0.2) is 39.8 Å². The van der Waals surface area contributed by atoms with Gasteiger partial charge in [-0.15, -0.1) is 0 Å². The van der Waals surface area contributed by atoms with E-state index in [1.807, 2.05) is 32.0 Å². The van der Waals surface area contributed by atoms with E-state index in [4.69, 9.17) is 18.9 Å². The normalized spacial score (nSPS) is 11.4. The molecule has 0 fully saturated rings. The number of carbonyl (C=O) groups excluding carboxylic acids is 2. The fraction of sp³-hybridized carbons (Fsp3) is 0.391. The summed E-state index contributed by atoms with van der Waals surface area (Å²) in [5.74, 6) is 1.16. The first kappa shape index (κ1) is 23.1. The van der Waals surface area contributed by atoms with Crippen LogP contribution in [0.4, 0.5) is 0 Å². The first-order valence-electron chi connectivity index (χ1n) is 9.66. The average Bonchev–Trinajstić information content (AvgIpc) is 2.74. The number of esters is 1. The number of aryl methyl sites for hydroxylation is 2. The highest BCUT2D eigenvalue weighted by Gasteiger charge is 2.20. The molecular formula is C23H29NO6. The van der Waals surface area contributed by atoms with Crippen LogP contribution in [0.3, 0.4) is 0 Å². The highest BCUT2D eigenvalue weighted by Crippen LogP contribution is 2.31. The average molecular weight is 415 g/mol. The summed E-state index contributed by atoms with van der Waals surface area (Å²) in [6.07, 6.45) is 0.147. The van der Waals surface area contributed by atoms with Crippen LogP contribution in [0.25, 0.3) is 0 Å². The van der Waals surface area contributed by atoms with Crippen LogP contribution in [0, 0.1) is 13.8 Å². The minimum absolute atomic E-state index is 0.00431. The molecule has 0 saturated carbocycles. The summed E-state index contributed by atoms with van der Waals surface area (Å²) >= 11 is 0. The molecule has 7 nitrogen and oxygen atoms in total. The number of hydrogen-bond donors (Lipinski definition) is 1. The maximum atomic E-state index is 12.5. The van der Waals surface area contributed by atoms with E-state index in [1.54, 1.807) is 25.3 Å². The van der Waals surface area contributed by atoms with Crippen molar-refractivity contribution >= 4 is 11.9 Å². The van der Waals surface area contributed by atoms with Crippen molar-refractivity contribution in [2.24, 2.45) is 0 Å². The molecule has 0 aliphatic carbocycles. The molecule has 0 spiro atoms. The Balaban J connectivity index is 2.04. The number of carbonyl (C=O) groups is 2. The van der Waals surface area contributed by atoms with Gasteiger partial charge in [-0.1, -0.05) is 23.8 Å². The standard InChI is InChI=1S/C23H29NO6/c1-15-6-8-19(16(2)12-15)30-11-10-22(25)24-18(14-23(26)29-5)17-7-9-20(27-3)21(13-17)28-4/h6-9,12-13,18H,10-11,14H2,1-5H3,(H,24,25). The van der Waals surface area contributed by atoms with Crippen LogP contribution in [0.2, 0.25) is 0 Å². The second-order valence-corrected chi connectivity index (χ2v) is 6.88. The highest BCUT2D eigenvalue weighted by atomic mass is 16.5. The summed E-state index contributed by atoms with van der Waals surface area (Å²) in [5.41, 5.74) is 2.88. The second kappa shape index (κ2) is 11.1. The topological polar surface area (TPSA) is 83.1 Å². The van der Waals surface area contributed by atoms with E-state index in [1.165, 1.54) is 14.2 Å². The van der Waals surface area contributed by atoms with Gasteiger partial charge in [0.25, 0.3) is 0 Å². The van der Waals surface area contributed by atoms with Gasteiger partial charge in [0, 0.05) is 0 Å². The lowest BCUT2D eigenvalue weighted by atomic mass is 10.0. The monoisotopic (exact) mass is 415 g/mol. The Morgan fingerprint density at radius 1 is 0.933 bits per heavy atom. The van der Waals surface area contributed by atoms with Gasteiger partial charge in [-0.05, 0) is 43.2 Å². The summed E-state index contributed by atoms with van der Waals surface area (Å²) < 4.78 is 21.1. The van der Waals surface area contributed by atoms with Crippen molar-refractivity contribution in [3.8, 4) is 17.2 Å². The van der Waals surface area contributed by atoms with Gasteiger partial charge in [-0.25, -0.2) is 0 Å². The summed E-state index contributed by atoms with van der Waals surface area (Å²) in [7, 11) is 4.38. The zero-order valence-electron chi connectivity index (χ0n) is 18.1. The zero-order chi connectivity index (χ0) is 22.1. The van der Waals surface area contributed by atoms with Crippen LogP contribution in [0.15, 0.2) is 36.4 Å². The van der Waals surface area contributed by atoms with E-state index in [0.29, 0.717) is 17.1 Å². The third kappa shape index (κ3) is 6.40. The van der Waals surface area contributed by atoms with Gasteiger partial charge in [0.2, 0.25) is 5.91 Å². The number of ether oxygens (including phenoxy) is 4. The lowest BCUT2D eigenvalue weighted by Crippen LogP contribution is -2.31. The van der Waals surface area contributed by atoms with E-state index in [-0.39, 0.29) is 25.4 Å². The van der Waals surface area contributed by atoms with Crippen molar-refractivity contribution in [1.29, 1.82) is 0 Å². The van der Waals surface area contributed by atoms with Crippen molar-refractivity contribution in [1.82, 2.24) is 5.32 Å². The number of amides is 1. The maximum absolute atomic E-state index is 12.5. The molecular weight excluding hydrogens is 386 g/mol. The molecule has 1 atom stereocenters. The van der Waals surface area contributed by atoms with Crippen molar-refractivity contribution in [2.75, 3.05) is 27.9 Å². The van der Waals surface area contributed by atoms with Gasteiger partial charge in [-0.2, -0.15) is 0 Å². The quantitative estimate of drug-likeness (QED) is 0.598. The molecule has 0 heterocycles. The van der Waals surface area contributed by atoms with Crippen molar-refractivity contribution in [3.63, 3.8) is 0 Å². The number of hydrogen-bond acceptors (Lipinski definition) is 6. The molecule has 0 aromatic heterocycles. The van der Waals surface area contributed by atoms with Crippen molar-refractivity contribution in [2.45, 2.75) is 32.7 Å². The Hall–Kier alpha value is -3.22. The van der Waals surface area contributed by atoms with E-state index >= 15 is 0 Å². The number of benzene rings is 2. The van der Waals surface area contributed by atoms with Crippen LogP contribution in [0.5, 0.6) is 17.2 Å². The molecule has 7 heteroatoms. The molecule has 0 bridgehead atoms.